The lowest BCUT2D eigenvalue weighted by Crippen LogP contribution is -2.15. The molecule has 178 valence electrons. The number of carbonyl (C=O) groups excluding carboxylic acids is 1. The number of hydrogen-bond donors (Lipinski definition) is 1. The molecule has 0 atom stereocenters. The van der Waals surface area contributed by atoms with Crippen LogP contribution in [0.3, 0.4) is 0 Å². The molecule has 0 fully saturated rings. The van der Waals surface area contributed by atoms with Gasteiger partial charge in [0.25, 0.3) is 5.91 Å². The third kappa shape index (κ3) is 4.03. The van der Waals surface area contributed by atoms with E-state index in [0.29, 0.717) is 33.3 Å². The lowest BCUT2D eigenvalue weighted by molar-refractivity contribution is 0.0990. The van der Waals surface area contributed by atoms with Gasteiger partial charge in [-0.25, -0.2) is 24.3 Å². The molecule has 0 radical (unpaired) electrons. The normalized spacial score (nSPS) is 10.9. The van der Waals surface area contributed by atoms with Gasteiger partial charge in [-0.2, -0.15) is 5.26 Å². The third-order valence-electron chi connectivity index (χ3n) is 5.64. The molecular formula is C25H19FN8OS. The van der Waals surface area contributed by atoms with Crippen molar-refractivity contribution >= 4 is 33.8 Å². The first-order chi connectivity index (χ1) is 17.4. The SMILES string of the molecule is CCc1nc2ccc(-c3cnc(C(N)=O)nc3)cn2c1N(C)c1nc(-c2ccc(F)cc2)c(C#N)s1. The predicted octanol–water partition coefficient (Wildman–Crippen LogP) is 4.35. The van der Waals surface area contributed by atoms with Crippen molar-refractivity contribution in [1.82, 2.24) is 24.3 Å². The number of imidazole rings is 1. The molecule has 1 aromatic carbocycles. The van der Waals surface area contributed by atoms with Gasteiger partial charge in [0.05, 0.1) is 5.69 Å². The molecule has 5 rings (SSSR count). The first kappa shape index (κ1) is 23.1. The number of anilines is 2. The van der Waals surface area contributed by atoms with Crippen LogP contribution in [0.25, 0.3) is 28.0 Å². The molecule has 0 saturated heterocycles. The lowest BCUT2D eigenvalue weighted by atomic mass is 10.1. The van der Waals surface area contributed by atoms with Crippen LogP contribution in [0.5, 0.6) is 0 Å². The summed E-state index contributed by atoms with van der Waals surface area (Å²) in [6.45, 7) is 2.02. The molecule has 4 aromatic heterocycles. The van der Waals surface area contributed by atoms with Crippen LogP contribution in [0, 0.1) is 17.1 Å². The zero-order valence-corrected chi connectivity index (χ0v) is 20.1. The average Bonchev–Trinajstić information content (AvgIpc) is 3.50. The summed E-state index contributed by atoms with van der Waals surface area (Å²) in [5.41, 5.74) is 9.53. The van der Waals surface area contributed by atoms with Gasteiger partial charge in [0, 0.05) is 42.3 Å². The number of nitrogens with zero attached hydrogens (tertiary/aromatic N) is 7. The van der Waals surface area contributed by atoms with Gasteiger partial charge in [-0.1, -0.05) is 18.3 Å². The highest BCUT2D eigenvalue weighted by molar-refractivity contribution is 7.16. The van der Waals surface area contributed by atoms with Gasteiger partial charge in [0.2, 0.25) is 5.82 Å². The first-order valence-electron chi connectivity index (χ1n) is 10.9. The number of nitriles is 1. The summed E-state index contributed by atoms with van der Waals surface area (Å²) in [6, 6.07) is 11.9. The van der Waals surface area contributed by atoms with E-state index in [-0.39, 0.29) is 11.6 Å². The topological polar surface area (TPSA) is 126 Å². The molecule has 1 amide bonds. The molecule has 0 aliphatic rings. The molecular weight excluding hydrogens is 479 g/mol. The number of nitrogens with two attached hydrogens (primary N) is 1. The highest BCUT2D eigenvalue weighted by Gasteiger charge is 2.22. The fraction of sp³-hybridized carbons (Fsp3) is 0.120. The maximum absolute atomic E-state index is 13.4. The minimum Gasteiger partial charge on any atom is -0.363 e. The largest absolute Gasteiger partial charge is 0.363 e. The second-order valence-electron chi connectivity index (χ2n) is 7.89. The minimum absolute atomic E-state index is 0.0508. The van der Waals surface area contributed by atoms with Crippen LogP contribution in [0.1, 0.15) is 28.1 Å². The van der Waals surface area contributed by atoms with E-state index in [9.17, 15) is 14.4 Å². The second-order valence-corrected chi connectivity index (χ2v) is 8.87. The Morgan fingerprint density at radius 2 is 1.81 bits per heavy atom. The van der Waals surface area contributed by atoms with Crippen molar-refractivity contribution in [3.63, 3.8) is 0 Å². The second kappa shape index (κ2) is 9.16. The summed E-state index contributed by atoms with van der Waals surface area (Å²) in [4.78, 5) is 31.2. The Morgan fingerprint density at radius 3 is 2.44 bits per heavy atom. The number of fused-ring (bicyclic) bond motifs is 1. The zero-order chi connectivity index (χ0) is 25.4. The Balaban J connectivity index is 1.59. The van der Waals surface area contributed by atoms with Crippen LogP contribution < -0.4 is 10.6 Å². The monoisotopic (exact) mass is 498 g/mol. The number of halogens is 1. The van der Waals surface area contributed by atoms with Gasteiger partial charge in [-0.15, -0.1) is 0 Å². The molecule has 0 unspecified atom stereocenters. The molecule has 9 nitrogen and oxygen atoms in total. The van der Waals surface area contributed by atoms with Gasteiger partial charge < -0.3 is 10.6 Å². The summed E-state index contributed by atoms with van der Waals surface area (Å²) in [7, 11) is 1.87. The molecule has 4 heterocycles. The number of aromatic nitrogens is 5. The van der Waals surface area contributed by atoms with Gasteiger partial charge in [0.1, 0.15) is 33.9 Å². The number of thiazole rings is 1. The fourth-order valence-electron chi connectivity index (χ4n) is 3.87. The molecule has 11 heteroatoms. The van der Waals surface area contributed by atoms with Crippen molar-refractivity contribution in [2.75, 3.05) is 11.9 Å². The number of aryl methyl sites for hydroxylation is 1. The minimum atomic E-state index is -0.691. The number of pyridine rings is 1. The van der Waals surface area contributed by atoms with Gasteiger partial charge >= 0.3 is 0 Å². The van der Waals surface area contributed by atoms with Crippen molar-refractivity contribution < 1.29 is 9.18 Å². The van der Waals surface area contributed by atoms with E-state index in [4.69, 9.17) is 15.7 Å². The van der Waals surface area contributed by atoms with Crippen molar-refractivity contribution in [3.05, 3.63) is 77.2 Å². The van der Waals surface area contributed by atoms with Crippen molar-refractivity contribution in [2.24, 2.45) is 5.73 Å². The molecule has 0 aliphatic carbocycles. The quantitative estimate of drug-likeness (QED) is 0.369. The lowest BCUT2D eigenvalue weighted by Gasteiger charge is -2.17. The molecule has 0 spiro atoms. The standard InChI is InChI=1S/C25H19FN8OS/c1-3-18-24(33(2)25-32-21(19(10-27)36-25)14-4-7-17(26)8-5-14)34-13-15(6-9-20(34)31-18)16-11-29-23(22(28)35)30-12-16/h4-9,11-13H,3H2,1-2H3,(H2,28,35). The van der Waals surface area contributed by atoms with Crippen LogP contribution in [-0.4, -0.2) is 37.3 Å². The molecule has 2 N–H and O–H groups in total. The van der Waals surface area contributed by atoms with Crippen LogP contribution in [0.4, 0.5) is 15.3 Å². The van der Waals surface area contributed by atoms with Crippen molar-refractivity contribution in [2.45, 2.75) is 13.3 Å². The number of carbonyl (C=O) groups is 1. The predicted molar refractivity (Wildman–Crippen MR) is 134 cm³/mol. The van der Waals surface area contributed by atoms with Crippen molar-refractivity contribution in [1.29, 1.82) is 5.26 Å². The summed E-state index contributed by atoms with van der Waals surface area (Å²) >= 11 is 1.25. The smallest absolute Gasteiger partial charge is 0.286 e. The summed E-state index contributed by atoms with van der Waals surface area (Å²) < 4.78 is 15.4. The van der Waals surface area contributed by atoms with Gasteiger partial charge in [-0.05, 0) is 42.8 Å². The number of hydrogen-bond acceptors (Lipinski definition) is 8. The maximum atomic E-state index is 13.4. The zero-order valence-electron chi connectivity index (χ0n) is 19.3. The van der Waals surface area contributed by atoms with E-state index >= 15 is 0 Å². The average molecular weight is 499 g/mol. The van der Waals surface area contributed by atoms with Crippen molar-refractivity contribution in [3.8, 4) is 28.5 Å². The highest BCUT2D eigenvalue weighted by atomic mass is 32.1. The molecule has 5 aromatic rings. The van der Waals surface area contributed by atoms with Crippen LogP contribution in [0.15, 0.2) is 55.0 Å². The highest BCUT2D eigenvalue weighted by Crippen LogP contribution is 2.37. The number of primary amides is 1. The van der Waals surface area contributed by atoms with Crippen LogP contribution in [-0.2, 0) is 6.42 Å². The van der Waals surface area contributed by atoms with E-state index in [0.717, 1.165) is 22.7 Å². The van der Waals surface area contributed by atoms with E-state index in [1.54, 1.807) is 24.5 Å². The van der Waals surface area contributed by atoms with E-state index in [1.807, 2.05) is 41.6 Å². The Morgan fingerprint density at radius 1 is 1.11 bits per heavy atom. The van der Waals surface area contributed by atoms with Gasteiger partial charge in [0.15, 0.2) is 5.13 Å². The maximum Gasteiger partial charge on any atom is 0.286 e. The number of amides is 1. The first-order valence-corrected chi connectivity index (χ1v) is 11.7. The molecule has 0 bridgehead atoms. The summed E-state index contributed by atoms with van der Waals surface area (Å²) in [5.74, 6) is -0.296. The fourth-order valence-corrected chi connectivity index (χ4v) is 4.72. The summed E-state index contributed by atoms with van der Waals surface area (Å²) in [6.07, 6.45) is 5.68. The Labute approximate surface area is 209 Å². The van der Waals surface area contributed by atoms with Crippen LogP contribution >= 0.6 is 11.3 Å². The van der Waals surface area contributed by atoms with E-state index < -0.39 is 5.91 Å². The Bertz CT molecular complexity index is 1630. The molecule has 36 heavy (non-hydrogen) atoms. The van der Waals surface area contributed by atoms with E-state index in [2.05, 4.69) is 16.0 Å². The summed E-state index contributed by atoms with van der Waals surface area (Å²) in [5, 5.41) is 10.3. The van der Waals surface area contributed by atoms with E-state index in [1.165, 1.54) is 23.5 Å². The molecule has 0 saturated carbocycles. The number of benzene rings is 1. The third-order valence-corrected chi connectivity index (χ3v) is 6.68. The Kier molecular flexibility index (Phi) is 5.87. The van der Waals surface area contributed by atoms with Gasteiger partial charge in [-0.3, -0.25) is 9.20 Å². The Hall–Kier alpha value is -4.69. The number of rotatable bonds is 6. The van der Waals surface area contributed by atoms with Crippen LogP contribution in [0.2, 0.25) is 0 Å². The molecule has 0 aliphatic heterocycles.